The van der Waals surface area contributed by atoms with Crippen LogP contribution in [0.1, 0.15) is 25.7 Å². The molecule has 0 aliphatic carbocycles. The molecule has 0 spiro atoms. The number of anilines is 4. The van der Waals surface area contributed by atoms with Crippen molar-refractivity contribution in [3.05, 3.63) is 73.5 Å². The largest absolute Gasteiger partial charge is 0.495 e. The maximum absolute atomic E-state index is 15.4. The Kier molecular flexibility index (Phi) is 9.20. The number of amides is 1. The van der Waals surface area contributed by atoms with Crippen molar-refractivity contribution >= 4 is 39.8 Å². The van der Waals surface area contributed by atoms with E-state index in [1.165, 1.54) is 18.5 Å². The number of aromatic nitrogens is 3. The van der Waals surface area contributed by atoms with E-state index in [1.807, 2.05) is 12.1 Å². The van der Waals surface area contributed by atoms with Crippen molar-refractivity contribution in [1.29, 1.82) is 0 Å². The van der Waals surface area contributed by atoms with Crippen molar-refractivity contribution in [3.63, 3.8) is 0 Å². The van der Waals surface area contributed by atoms with E-state index in [0.29, 0.717) is 58.9 Å². The van der Waals surface area contributed by atoms with Crippen LogP contribution in [0.3, 0.4) is 0 Å². The first-order chi connectivity index (χ1) is 22.0. The molecule has 0 unspecified atom stereocenters. The number of benzene rings is 2. The molecule has 45 heavy (non-hydrogen) atoms. The molecule has 2 aliphatic rings. The summed E-state index contributed by atoms with van der Waals surface area (Å²) in [7, 11) is 1.60. The number of likely N-dealkylation sites (tertiary alicyclic amines) is 1. The highest BCUT2D eigenvalue weighted by Crippen LogP contribution is 2.35. The molecule has 2 saturated heterocycles. The molecule has 2 aromatic heterocycles. The predicted molar refractivity (Wildman–Crippen MR) is 171 cm³/mol. The third-order valence-electron chi connectivity index (χ3n) is 8.03. The van der Waals surface area contributed by atoms with E-state index in [-0.39, 0.29) is 17.6 Å². The number of fused-ring (bicyclic) bond motifs is 1. The Balaban J connectivity index is 1.16. The van der Waals surface area contributed by atoms with Gasteiger partial charge in [0.1, 0.15) is 41.0 Å². The first kappa shape index (κ1) is 30.1. The second-order valence-corrected chi connectivity index (χ2v) is 11.0. The van der Waals surface area contributed by atoms with Crippen molar-refractivity contribution in [1.82, 2.24) is 19.9 Å². The van der Waals surface area contributed by atoms with Crippen molar-refractivity contribution in [2.75, 3.05) is 49.4 Å². The fraction of sp³-hybridized carbons (Fsp3) is 0.333. The molecular weight excluding hydrogens is 577 g/mol. The minimum Gasteiger partial charge on any atom is -0.495 e. The summed E-state index contributed by atoms with van der Waals surface area (Å²) in [5.74, 6) is 2.13. The second kappa shape index (κ2) is 13.8. The van der Waals surface area contributed by atoms with Crippen molar-refractivity contribution < 1.29 is 23.4 Å². The van der Waals surface area contributed by atoms with Crippen molar-refractivity contribution in [2.45, 2.75) is 37.8 Å². The van der Waals surface area contributed by atoms with Gasteiger partial charge in [-0.25, -0.2) is 19.3 Å². The number of rotatable bonds is 10. The van der Waals surface area contributed by atoms with Crippen LogP contribution in [-0.4, -0.2) is 71.3 Å². The van der Waals surface area contributed by atoms with Gasteiger partial charge in [0, 0.05) is 68.2 Å². The zero-order valence-electron chi connectivity index (χ0n) is 25.1. The van der Waals surface area contributed by atoms with Gasteiger partial charge in [0.05, 0.1) is 24.0 Å². The fourth-order valence-electron chi connectivity index (χ4n) is 5.59. The summed E-state index contributed by atoms with van der Waals surface area (Å²) in [6, 6.07) is 12.3. The number of carbonyl (C=O) groups excluding carboxylic acids is 1. The molecule has 6 rings (SSSR count). The normalized spacial score (nSPS) is 15.8. The van der Waals surface area contributed by atoms with Gasteiger partial charge in [-0.3, -0.25) is 4.79 Å². The van der Waals surface area contributed by atoms with Gasteiger partial charge in [-0.05, 0) is 56.0 Å². The summed E-state index contributed by atoms with van der Waals surface area (Å²) in [6.07, 6.45) is 7.83. The van der Waals surface area contributed by atoms with E-state index < -0.39 is 5.82 Å². The predicted octanol–water partition coefficient (Wildman–Crippen LogP) is 5.89. The molecule has 3 N–H and O–H groups in total. The van der Waals surface area contributed by atoms with Crippen LogP contribution in [0.5, 0.6) is 17.2 Å². The highest BCUT2D eigenvalue weighted by molar-refractivity contribution is 5.95. The lowest BCUT2D eigenvalue weighted by Crippen LogP contribution is -2.41. The zero-order chi connectivity index (χ0) is 31.2. The van der Waals surface area contributed by atoms with Crippen LogP contribution in [0.25, 0.3) is 10.9 Å². The maximum atomic E-state index is 15.4. The first-order valence-electron chi connectivity index (χ1n) is 15.0. The van der Waals surface area contributed by atoms with E-state index in [0.717, 1.165) is 44.6 Å². The first-order valence-corrected chi connectivity index (χ1v) is 15.0. The molecule has 0 radical (unpaired) electrons. The molecular formula is C33H36FN7O4. The Morgan fingerprint density at radius 3 is 2.51 bits per heavy atom. The summed E-state index contributed by atoms with van der Waals surface area (Å²) in [4.78, 5) is 27.0. The quantitative estimate of drug-likeness (QED) is 0.187. The van der Waals surface area contributed by atoms with Crippen LogP contribution in [0, 0.1) is 5.82 Å². The Bertz CT molecular complexity index is 1670. The van der Waals surface area contributed by atoms with Gasteiger partial charge < -0.3 is 35.1 Å². The SMILES string of the molecule is C=CC(=O)N1CCC(Nc2cc3c(Nc4ccc(Oc5ccnc(NC6CCOCC6)c5)cc4F)ncnc3cc2OC)CC1. The molecule has 4 aromatic rings. The molecule has 0 atom stereocenters. The van der Waals surface area contributed by atoms with Gasteiger partial charge in [-0.2, -0.15) is 0 Å². The molecule has 0 saturated carbocycles. The molecule has 2 aliphatic heterocycles. The van der Waals surface area contributed by atoms with Gasteiger partial charge in [0.15, 0.2) is 0 Å². The van der Waals surface area contributed by atoms with Crippen LogP contribution in [-0.2, 0) is 9.53 Å². The highest BCUT2D eigenvalue weighted by atomic mass is 19.1. The summed E-state index contributed by atoms with van der Waals surface area (Å²) < 4.78 is 32.4. The average molecular weight is 614 g/mol. The topological polar surface area (TPSA) is 123 Å². The molecule has 1 amide bonds. The summed E-state index contributed by atoms with van der Waals surface area (Å²) in [6.45, 7) is 6.32. The molecule has 2 fully saturated rings. The number of hydrogen-bond acceptors (Lipinski definition) is 10. The molecule has 0 bridgehead atoms. The Hall–Kier alpha value is -4.97. The Morgan fingerprint density at radius 1 is 0.978 bits per heavy atom. The number of piperidine rings is 1. The molecule has 12 heteroatoms. The highest BCUT2D eigenvalue weighted by Gasteiger charge is 2.23. The minimum atomic E-state index is -0.499. The van der Waals surface area contributed by atoms with Gasteiger partial charge in [-0.15, -0.1) is 0 Å². The fourth-order valence-corrected chi connectivity index (χ4v) is 5.59. The monoisotopic (exact) mass is 613 g/mol. The van der Waals surface area contributed by atoms with Crippen LogP contribution in [0.4, 0.5) is 27.4 Å². The van der Waals surface area contributed by atoms with Gasteiger partial charge in [-0.1, -0.05) is 6.58 Å². The van der Waals surface area contributed by atoms with Crippen LogP contribution in [0.2, 0.25) is 0 Å². The van der Waals surface area contributed by atoms with E-state index in [9.17, 15) is 4.79 Å². The summed E-state index contributed by atoms with van der Waals surface area (Å²) in [5, 5.41) is 10.8. The van der Waals surface area contributed by atoms with E-state index in [2.05, 4.69) is 37.5 Å². The third-order valence-corrected chi connectivity index (χ3v) is 8.03. The van der Waals surface area contributed by atoms with Crippen LogP contribution >= 0.6 is 0 Å². The Labute approximate surface area is 260 Å². The minimum absolute atomic E-state index is 0.0543. The van der Waals surface area contributed by atoms with Crippen molar-refractivity contribution in [3.8, 4) is 17.2 Å². The lowest BCUT2D eigenvalue weighted by Gasteiger charge is -2.32. The van der Waals surface area contributed by atoms with Gasteiger partial charge in [0.2, 0.25) is 5.91 Å². The summed E-state index contributed by atoms with van der Waals surface area (Å²) >= 11 is 0. The molecule has 4 heterocycles. The zero-order valence-corrected chi connectivity index (χ0v) is 25.1. The van der Waals surface area contributed by atoms with E-state index in [1.54, 1.807) is 42.5 Å². The maximum Gasteiger partial charge on any atom is 0.245 e. The number of nitrogens with one attached hydrogen (secondary N) is 3. The van der Waals surface area contributed by atoms with Gasteiger partial charge >= 0.3 is 0 Å². The number of halogens is 1. The third kappa shape index (κ3) is 7.23. The number of nitrogens with zero attached hydrogens (tertiary/aromatic N) is 4. The van der Waals surface area contributed by atoms with Crippen molar-refractivity contribution in [2.24, 2.45) is 0 Å². The lowest BCUT2D eigenvalue weighted by atomic mass is 10.0. The number of hydrogen-bond donors (Lipinski definition) is 3. The number of methoxy groups -OCH3 is 1. The lowest BCUT2D eigenvalue weighted by molar-refractivity contribution is -0.126. The number of ether oxygens (including phenoxy) is 3. The Morgan fingerprint density at radius 2 is 1.76 bits per heavy atom. The average Bonchev–Trinajstić information content (AvgIpc) is 3.06. The van der Waals surface area contributed by atoms with E-state index >= 15 is 4.39 Å². The number of pyridine rings is 1. The number of carbonyl (C=O) groups is 1. The van der Waals surface area contributed by atoms with Gasteiger partial charge in [0.25, 0.3) is 0 Å². The molecule has 234 valence electrons. The smallest absolute Gasteiger partial charge is 0.245 e. The summed E-state index contributed by atoms with van der Waals surface area (Å²) in [5.41, 5.74) is 1.65. The molecule has 11 nitrogen and oxygen atoms in total. The van der Waals surface area contributed by atoms with Crippen LogP contribution < -0.4 is 25.4 Å². The standard InChI is InChI=1S/C33H36FN7O4/c1-3-32(42)41-12-7-21(8-13-41)38-29-18-25-28(19-30(29)43-2)36-20-37-33(25)40-27-5-4-23(16-26(27)34)45-24-6-11-35-31(17-24)39-22-9-14-44-15-10-22/h3-6,11,16-22,38H,1,7-10,12-15H2,2H3,(H,35,39)(H,36,37,40). The van der Waals surface area contributed by atoms with E-state index in [4.69, 9.17) is 14.2 Å². The second-order valence-electron chi connectivity index (χ2n) is 11.0. The van der Waals surface area contributed by atoms with Crippen LogP contribution in [0.15, 0.2) is 67.6 Å². The molecule has 2 aromatic carbocycles.